The van der Waals surface area contributed by atoms with Crippen LogP contribution in [0, 0.1) is 6.92 Å². The van der Waals surface area contributed by atoms with Gasteiger partial charge in [-0.1, -0.05) is 6.92 Å². The highest BCUT2D eigenvalue weighted by molar-refractivity contribution is 5.71. The highest BCUT2D eigenvalue weighted by Crippen LogP contribution is 2.31. The standard InChI is InChI=1S/C19H29N5O3/c1-3-15-11-20-14(2)21-18(15)23-12-16-17(13-23)27-19(25)24(16)6-4-5-22-7-9-26-10-8-22/h11,16-17H,3-10,12-13H2,1-2H3/t16-,17+/m1/s1. The van der Waals surface area contributed by atoms with Crippen molar-refractivity contribution in [3.63, 3.8) is 0 Å². The Hall–Kier alpha value is -1.93. The molecule has 0 bridgehead atoms. The summed E-state index contributed by atoms with van der Waals surface area (Å²) < 4.78 is 11.1. The van der Waals surface area contributed by atoms with Gasteiger partial charge in [0.2, 0.25) is 0 Å². The highest BCUT2D eigenvalue weighted by atomic mass is 16.6. The third kappa shape index (κ3) is 3.87. The molecule has 148 valence electrons. The summed E-state index contributed by atoms with van der Waals surface area (Å²) in [5.74, 6) is 1.77. The van der Waals surface area contributed by atoms with E-state index in [1.54, 1.807) is 0 Å². The molecule has 8 nitrogen and oxygen atoms in total. The third-order valence-electron chi connectivity index (χ3n) is 5.74. The summed E-state index contributed by atoms with van der Waals surface area (Å²) in [5.41, 5.74) is 1.14. The first kappa shape index (κ1) is 18.4. The second-order valence-electron chi connectivity index (χ2n) is 7.52. The minimum absolute atomic E-state index is 0.0686. The zero-order valence-corrected chi connectivity index (χ0v) is 16.3. The number of amides is 1. The van der Waals surface area contributed by atoms with Crippen LogP contribution < -0.4 is 4.90 Å². The number of hydrogen-bond acceptors (Lipinski definition) is 7. The van der Waals surface area contributed by atoms with Crippen LogP contribution in [-0.4, -0.2) is 90.5 Å². The number of fused-ring (bicyclic) bond motifs is 1. The number of nitrogens with zero attached hydrogens (tertiary/aromatic N) is 5. The Labute approximate surface area is 160 Å². The molecule has 3 fully saturated rings. The number of carbonyl (C=O) groups excluding carboxylic acids is 1. The van der Waals surface area contributed by atoms with E-state index in [0.29, 0.717) is 6.54 Å². The van der Waals surface area contributed by atoms with Crippen molar-refractivity contribution in [2.75, 3.05) is 57.4 Å². The molecule has 3 aliphatic heterocycles. The number of aryl methyl sites for hydroxylation is 2. The molecule has 27 heavy (non-hydrogen) atoms. The van der Waals surface area contributed by atoms with Crippen LogP contribution >= 0.6 is 0 Å². The first-order valence-electron chi connectivity index (χ1n) is 10.0. The van der Waals surface area contributed by atoms with Crippen molar-refractivity contribution in [1.29, 1.82) is 0 Å². The Morgan fingerprint density at radius 3 is 2.81 bits per heavy atom. The van der Waals surface area contributed by atoms with Gasteiger partial charge >= 0.3 is 6.09 Å². The van der Waals surface area contributed by atoms with Gasteiger partial charge in [0, 0.05) is 44.5 Å². The number of carbonyl (C=O) groups is 1. The first-order chi connectivity index (χ1) is 13.2. The van der Waals surface area contributed by atoms with Crippen LogP contribution in [0.25, 0.3) is 0 Å². The lowest BCUT2D eigenvalue weighted by Crippen LogP contribution is -2.41. The number of ether oxygens (including phenoxy) is 2. The number of morpholine rings is 1. The Bertz CT molecular complexity index is 679. The average Bonchev–Trinajstić information content (AvgIpc) is 3.21. The van der Waals surface area contributed by atoms with Crippen molar-refractivity contribution >= 4 is 11.9 Å². The predicted octanol–water partition coefficient (Wildman–Crippen LogP) is 1.08. The molecular formula is C19H29N5O3. The summed E-state index contributed by atoms with van der Waals surface area (Å²) in [7, 11) is 0. The molecule has 0 aliphatic carbocycles. The smallest absolute Gasteiger partial charge is 0.410 e. The predicted molar refractivity (Wildman–Crippen MR) is 101 cm³/mol. The Kier molecular flexibility index (Phi) is 5.45. The monoisotopic (exact) mass is 375 g/mol. The van der Waals surface area contributed by atoms with Gasteiger partial charge in [0.1, 0.15) is 17.7 Å². The molecule has 1 aromatic heterocycles. The molecule has 1 amide bonds. The van der Waals surface area contributed by atoms with E-state index in [-0.39, 0.29) is 18.2 Å². The van der Waals surface area contributed by atoms with Gasteiger partial charge in [0.15, 0.2) is 0 Å². The molecule has 3 saturated heterocycles. The van der Waals surface area contributed by atoms with Crippen molar-refractivity contribution in [3.8, 4) is 0 Å². The largest absolute Gasteiger partial charge is 0.442 e. The molecule has 0 radical (unpaired) electrons. The zero-order valence-electron chi connectivity index (χ0n) is 16.3. The lowest BCUT2D eigenvalue weighted by atomic mass is 10.2. The molecule has 4 heterocycles. The van der Waals surface area contributed by atoms with Gasteiger partial charge in [-0.25, -0.2) is 14.8 Å². The van der Waals surface area contributed by atoms with E-state index < -0.39 is 0 Å². The van der Waals surface area contributed by atoms with Crippen molar-refractivity contribution in [2.45, 2.75) is 38.8 Å². The lowest BCUT2D eigenvalue weighted by Gasteiger charge is -2.28. The van der Waals surface area contributed by atoms with Gasteiger partial charge in [-0.15, -0.1) is 0 Å². The van der Waals surface area contributed by atoms with E-state index in [2.05, 4.69) is 26.7 Å². The van der Waals surface area contributed by atoms with Crippen LogP contribution in [0.4, 0.5) is 10.6 Å². The molecule has 8 heteroatoms. The van der Waals surface area contributed by atoms with Crippen LogP contribution in [0.2, 0.25) is 0 Å². The molecule has 1 aromatic rings. The topological polar surface area (TPSA) is 71.0 Å². The van der Waals surface area contributed by atoms with Gasteiger partial charge < -0.3 is 14.4 Å². The van der Waals surface area contributed by atoms with Gasteiger partial charge in [-0.05, 0) is 19.8 Å². The van der Waals surface area contributed by atoms with Gasteiger partial charge in [0.05, 0.1) is 25.8 Å². The highest BCUT2D eigenvalue weighted by Gasteiger charge is 2.48. The average molecular weight is 375 g/mol. The summed E-state index contributed by atoms with van der Waals surface area (Å²) in [4.78, 5) is 27.9. The molecule has 0 saturated carbocycles. The van der Waals surface area contributed by atoms with E-state index in [4.69, 9.17) is 9.47 Å². The van der Waals surface area contributed by atoms with E-state index in [9.17, 15) is 4.79 Å². The van der Waals surface area contributed by atoms with Crippen molar-refractivity contribution < 1.29 is 14.3 Å². The second kappa shape index (κ2) is 7.98. The minimum atomic E-state index is -0.166. The van der Waals surface area contributed by atoms with Crippen molar-refractivity contribution in [2.24, 2.45) is 0 Å². The number of aromatic nitrogens is 2. The summed E-state index contributed by atoms with van der Waals surface area (Å²) in [6.07, 6.45) is 3.54. The molecule has 4 rings (SSSR count). The lowest BCUT2D eigenvalue weighted by molar-refractivity contribution is 0.0363. The molecule has 0 aromatic carbocycles. The summed E-state index contributed by atoms with van der Waals surface area (Å²) in [6, 6.07) is 0.113. The van der Waals surface area contributed by atoms with Crippen LogP contribution in [0.3, 0.4) is 0 Å². The van der Waals surface area contributed by atoms with Gasteiger partial charge in [-0.2, -0.15) is 0 Å². The van der Waals surface area contributed by atoms with Crippen LogP contribution in [0.15, 0.2) is 6.20 Å². The molecular weight excluding hydrogens is 346 g/mol. The Balaban J connectivity index is 1.37. The normalized spacial score (nSPS) is 25.8. The van der Waals surface area contributed by atoms with Gasteiger partial charge in [0.25, 0.3) is 0 Å². The number of rotatable bonds is 6. The number of hydrogen-bond donors (Lipinski definition) is 0. The van der Waals surface area contributed by atoms with E-state index in [0.717, 1.165) is 76.0 Å². The fourth-order valence-electron chi connectivity index (χ4n) is 4.23. The molecule has 2 atom stereocenters. The van der Waals surface area contributed by atoms with Crippen LogP contribution in [-0.2, 0) is 15.9 Å². The summed E-state index contributed by atoms with van der Waals surface area (Å²) in [5, 5.41) is 0. The van der Waals surface area contributed by atoms with E-state index in [1.165, 1.54) is 0 Å². The molecule has 3 aliphatic rings. The molecule has 0 N–H and O–H groups in total. The maximum Gasteiger partial charge on any atom is 0.410 e. The number of anilines is 1. The fourth-order valence-corrected chi connectivity index (χ4v) is 4.23. The van der Waals surface area contributed by atoms with Crippen LogP contribution in [0.5, 0.6) is 0 Å². The SMILES string of the molecule is CCc1cnc(C)nc1N1C[C@@H]2OC(=O)N(CCCN3CCOCC3)[C@@H]2C1. The summed E-state index contributed by atoms with van der Waals surface area (Å²) >= 11 is 0. The second-order valence-corrected chi connectivity index (χ2v) is 7.52. The van der Waals surface area contributed by atoms with E-state index >= 15 is 0 Å². The zero-order chi connectivity index (χ0) is 18.8. The Morgan fingerprint density at radius 1 is 1.22 bits per heavy atom. The van der Waals surface area contributed by atoms with E-state index in [1.807, 2.05) is 18.0 Å². The quantitative estimate of drug-likeness (QED) is 0.737. The third-order valence-corrected chi connectivity index (χ3v) is 5.74. The maximum absolute atomic E-state index is 12.3. The molecule has 0 unspecified atom stereocenters. The fraction of sp³-hybridized carbons (Fsp3) is 0.737. The molecule has 0 spiro atoms. The van der Waals surface area contributed by atoms with Gasteiger partial charge in [-0.3, -0.25) is 9.80 Å². The Morgan fingerprint density at radius 2 is 2.04 bits per heavy atom. The van der Waals surface area contributed by atoms with Crippen molar-refractivity contribution in [1.82, 2.24) is 19.8 Å². The van der Waals surface area contributed by atoms with Crippen molar-refractivity contribution in [3.05, 3.63) is 17.6 Å². The first-order valence-corrected chi connectivity index (χ1v) is 10.0. The maximum atomic E-state index is 12.3. The summed E-state index contributed by atoms with van der Waals surface area (Å²) in [6.45, 7) is 10.8. The minimum Gasteiger partial charge on any atom is -0.442 e. The van der Waals surface area contributed by atoms with Crippen LogP contribution in [0.1, 0.15) is 24.7 Å².